The fraction of sp³-hybridized carbons (Fsp3) is 0.429. The molecule has 0 radical (unpaired) electrons. The molecule has 28 heavy (non-hydrogen) atoms. The molecule has 1 aliphatic rings. The van der Waals surface area contributed by atoms with Gasteiger partial charge in [-0.05, 0) is 50.8 Å². The lowest BCUT2D eigenvalue weighted by atomic mass is 10.1. The van der Waals surface area contributed by atoms with Gasteiger partial charge in [-0.3, -0.25) is 19.0 Å². The number of carbonyl (C=O) groups is 2. The highest BCUT2D eigenvalue weighted by Gasteiger charge is 2.21. The van der Waals surface area contributed by atoms with Crippen LogP contribution in [0.15, 0.2) is 29.2 Å². The Kier molecular flexibility index (Phi) is 5.92. The Morgan fingerprint density at radius 1 is 1.18 bits per heavy atom. The summed E-state index contributed by atoms with van der Waals surface area (Å²) < 4.78 is 1.24. The number of nitrogens with one attached hydrogen (secondary N) is 2. The Morgan fingerprint density at radius 2 is 1.89 bits per heavy atom. The Bertz CT molecular complexity index is 959. The molecule has 1 aromatic carbocycles. The van der Waals surface area contributed by atoms with E-state index in [4.69, 9.17) is 0 Å². The normalized spacial score (nSPS) is 14.1. The van der Waals surface area contributed by atoms with Gasteiger partial charge in [0.1, 0.15) is 17.9 Å². The van der Waals surface area contributed by atoms with Gasteiger partial charge in [-0.2, -0.15) is 0 Å². The highest BCUT2D eigenvalue weighted by atomic mass is 16.2. The van der Waals surface area contributed by atoms with Crippen molar-refractivity contribution < 1.29 is 9.59 Å². The summed E-state index contributed by atoms with van der Waals surface area (Å²) in [5, 5.41) is 5.73. The second kappa shape index (κ2) is 8.37. The molecule has 148 valence electrons. The van der Waals surface area contributed by atoms with Gasteiger partial charge in [-0.25, -0.2) is 4.98 Å². The van der Waals surface area contributed by atoms with Crippen molar-refractivity contribution in [2.45, 2.75) is 59.0 Å². The standard InChI is InChI=1S/C21H26N4O3/c1-13-8-9-14(2)18(10-13)24-19(26)12-25-15(3)22-11-17(21(25)28)20(27)23-16-6-4-5-7-16/h8-11,16H,4-7,12H2,1-3H3,(H,23,27)(H,24,26). The van der Waals surface area contributed by atoms with E-state index in [9.17, 15) is 14.4 Å². The van der Waals surface area contributed by atoms with Gasteiger partial charge in [0.2, 0.25) is 5.91 Å². The van der Waals surface area contributed by atoms with Crippen molar-refractivity contribution in [3.63, 3.8) is 0 Å². The molecule has 7 heteroatoms. The molecule has 0 spiro atoms. The molecule has 2 N–H and O–H groups in total. The van der Waals surface area contributed by atoms with E-state index in [1.54, 1.807) is 6.92 Å². The first-order valence-electron chi connectivity index (χ1n) is 9.59. The summed E-state index contributed by atoms with van der Waals surface area (Å²) in [6, 6.07) is 5.88. The number of carbonyl (C=O) groups excluding carboxylic acids is 2. The lowest BCUT2D eigenvalue weighted by Crippen LogP contribution is -2.39. The number of hydrogen-bond acceptors (Lipinski definition) is 4. The maximum Gasteiger partial charge on any atom is 0.266 e. The Balaban J connectivity index is 1.77. The zero-order valence-electron chi connectivity index (χ0n) is 16.5. The fourth-order valence-corrected chi connectivity index (χ4v) is 3.45. The molecule has 1 aliphatic carbocycles. The van der Waals surface area contributed by atoms with E-state index in [0.29, 0.717) is 11.5 Å². The molecule has 0 aliphatic heterocycles. The summed E-state index contributed by atoms with van der Waals surface area (Å²) in [6.07, 6.45) is 5.32. The Morgan fingerprint density at radius 3 is 2.61 bits per heavy atom. The molecule has 0 unspecified atom stereocenters. The zero-order chi connectivity index (χ0) is 20.3. The minimum Gasteiger partial charge on any atom is -0.349 e. The van der Waals surface area contributed by atoms with Crippen molar-refractivity contribution in [1.82, 2.24) is 14.9 Å². The first-order chi connectivity index (χ1) is 13.3. The van der Waals surface area contributed by atoms with Gasteiger partial charge in [0.25, 0.3) is 11.5 Å². The van der Waals surface area contributed by atoms with Gasteiger partial charge >= 0.3 is 0 Å². The third kappa shape index (κ3) is 4.47. The van der Waals surface area contributed by atoms with Crippen molar-refractivity contribution in [2.75, 3.05) is 5.32 Å². The minimum absolute atomic E-state index is 0.0305. The van der Waals surface area contributed by atoms with E-state index >= 15 is 0 Å². The third-order valence-electron chi connectivity index (χ3n) is 5.15. The van der Waals surface area contributed by atoms with E-state index in [2.05, 4.69) is 15.6 Å². The molecular weight excluding hydrogens is 356 g/mol. The molecular formula is C21H26N4O3. The first-order valence-corrected chi connectivity index (χ1v) is 9.59. The summed E-state index contributed by atoms with van der Waals surface area (Å²) in [5.74, 6) is -0.374. The number of aromatic nitrogens is 2. The maximum atomic E-state index is 12.8. The predicted molar refractivity (Wildman–Crippen MR) is 108 cm³/mol. The zero-order valence-corrected chi connectivity index (χ0v) is 16.5. The van der Waals surface area contributed by atoms with Crippen molar-refractivity contribution >= 4 is 17.5 Å². The molecule has 7 nitrogen and oxygen atoms in total. The number of aryl methyl sites for hydroxylation is 3. The monoisotopic (exact) mass is 382 g/mol. The number of nitrogens with zero attached hydrogens (tertiary/aromatic N) is 2. The predicted octanol–water partition coefficient (Wildman–Crippen LogP) is 2.48. The summed E-state index contributed by atoms with van der Waals surface area (Å²) >= 11 is 0. The van der Waals surface area contributed by atoms with Gasteiger partial charge < -0.3 is 10.6 Å². The maximum absolute atomic E-state index is 12.8. The third-order valence-corrected chi connectivity index (χ3v) is 5.15. The quantitative estimate of drug-likeness (QED) is 0.831. The van der Waals surface area contributed by atoms with E-state index in [1.807, 2.05) is 32.0 Å². The minimum atomic E-state index is -0.501. The number of hydrogen-bond donors (Lipinski definition) is 2. The van der Waals surface area contributed by atoms with Crippen LogP contribution in [-0.4, -0.2) is 27.4 Å². The van der Waals surface area contributed by atoms with Crippen LogP contribution in [-0.2, 0) is 11.3 Å². The highest BCUT2D eigenvalue weighted by Crippen LogP contribution is 2.18. The molecule has 0 bridgehead atoms. The average molecular weight is 382 g/mol. The molecule has 2 amide bonds. The Labute approximate surface area is 164 Å². The van der Waals surface area contributed by atoms with E-state index in [0.717, 1.165) is 36.8 Å². The molecule has 2 aromatic rings. The van der Waals surface area contributed by atoms with E-state index < -0.39 is 11.5 Å². The average Bonchev–Trinajstić information content (AvgIpc) is 3.14. The van der Waals surface area contributed by atoms with Gasteiger partial charge in [0.05, 0.1) is 0 Å². The van der Waals surface area contributed by atoms with Crippen molar-refractivity contribution in [3.8, 4) is 0 Å². The van der Waals surface area contributed by atoms with Crippen LogP contribution in [0.1, 0.15) is 53.0 Å². The molecule has 3 rings (SSSR count). The fourth-order valence-electron chi connectivity index (χ4n) is 3.45. The molecule has 1 fully saturated rings. The molecule has 0 saturated heterocycles. The SMILES string of the molecule is Cc1ccc(C)c(NC(=O)Cn2c(C)ncc(C(=O)NC3CCCC3)c2=O)c1. The van der Waals surface area contributed by atoms with E-state index in [1.165, 1.54) is 10.8 Å². The lowest BCUT2D eigenvalue weighted by molar-refractivity contribution is -0.116. The van der Waals surface area contributed by atoms with Crippen LogP contribution in [0.2, 0.25) is 0 Å². The lowest BCUT2D eigenvalue weighted by Gasteiger charge is -2.14. The van der Waals surface area contributed by atoms with Crippen LogP contribution >= 0.6 is 0 Å². The van der Waals surface area contributed by atoms with Gasteiger partial charge in [-0.15, -0.1) is 0 Å². The van der Waals surface area contributed by atoms with Crippen LogP contribution in [0.4, 0.5) is 5.69 Å². The number of benzene rings is 1. The van der Waals surface area contributed by atoms with Gasteiger partial charge in [-0.1, -0.05) is 25.0 Å². The summed E-state index contributed by atoms with van der Waals surface area (Å²) in [7, 11) is 0. The number of rotatable bonds is 5. The van der Waals surface area contributed by atoms with Crippen molar-refractivity contribution in [1.29, 1.82) is 0 Å². The van der Waals surface area contributed by atoms with E-state index in [-0.39, 0.29) is 24.1 Å². The number of anilines is 1. The van der Waals surface area contributed by atoms with Crippen LogP contribution in [0, 0.1) is 20.8 Å². The summed E-state index contributed by atoms with van der Waals surface area (Å²) in [5.41, 5.74) is 2.14. The van der Waals surface area contributed by atoms with Crippen LogP contribution in [0.5, 0.6) is 0 Å². The summed E-state index contributed by atoms with van der Waals surface area (Å²) in [4.78, 5) is 41.9. The molecule has 1 heterocycles. The molecule has 1 saturated carbocycles. The largest absolute Gasteiger partial charge is 0.349 e. The topological polar surface area (TPSA) is 93.1 Å². The smallest absolute Gasteiger partial charge is 0.266 e. The van der Waals surface area contributed by atoms with Gasteiger partial charge in [0, 0.05) is 17.9 Å². The Hall–Kier alpha value is -2.96. The van der Waals surface area contributed by atoms with Gasteiger partial charge in [0.15, 0.2) is 0 Å². The van der Waals surface area contributed by atoms with Crippen molar-refractivity contribution in [3.05, 3.63) is 57.3 Å². The molecule has 1 aromatic heterocycles. The second-order valence-electron chi connectivity index (χ2n) is 7.43. The van der Waals surface area contributed by atoms with Crippen molar-refractivity contribution in [2.24, 2.45) is 0 Å². The van der Waals surface area contributed by atoms with Crippen LogP contribution in [0.3, 0.4) is 0 Å². The summed E-state index contributed by atoms with van der Waals surface area (Å²) in [6.45, 7) is 5.29. The highest BCUT2D eigenvalue weighted by molar-refractivity contribution is 5.94. The first kappa shape index (κ1) is 19.8. The second-order valence-corrected chi connectivity index (χ2v) is 7.43. The number of amides is 2. The van der Waals surface area contributed by atoms with Crippen LogP contribution in [0.25, 0.3) is 0 Å². The van der Waals surface area contributed by atoms with Crippen LogP contribution < -0.4 is 16.2 Å². The molecule has 0 atom stereocenters.